The fourth-order valence-corrected chi connectivity index (χ4v) is 2.56. The van der Waals surface area contributed by atoms with E-state index in [-0.39, 0.29) is 6.61 Å². The molecule has 0 spiro atoms. The first-order chi connectivity index (χ1) is 14.8. The summed E-state index contributed by atoms with van der Waals surface area (Å²) in [5.74, 6) is 2.23. The van der Waals surface area contributed by atoms with Gasteiger partial charge in [0.1, 0.15) is 12.4 Å². The van der Waals surface area contributed by atoms with E-state index in [0.29, 0.717) is 37.8 Å². The van der Waals surface area contributed by atoms with Gasteiger partial charge in [-0.3, -0.25) is 0 Å². The minimum absolute atomic E-state index is 0.0893. The molecular formula is C20H29F3N6O2. The summed E-state index contributed by atoms with van der Waals surface area (Å²) in [6.45, 7) is 2.73. The molecule has 2 aromatic rings. The molecule has 31 heavy (non-hydrogen) atoms. The number of nitrogens with zero attached hydrogens (tertiary/aromatic N) is 4. The van der Waals surface area contributed by atoms with Crippen molar-refractivity contribution in [2.24, 2.45) is 12.0 Å². The SMILES string of the molecule is COCCCNC(=NCc1ccc(COCC(F)(F)F)cc1)NCc1nnc(C)n1C. The maximum atomic E-state index is 12.2. The van der Waals surface area contributed by atoms with E-state index in [4.69, 9.17) is 4.74 Å². The number of ether oxygens (including phenoxy) is 2. The molecule has 2 rings (SSSR count). The lowest BCUT2D eigenvalue weighted by Crippen LogP contribution is -2.38. The van der Waals surface area contributed by atoms with Crippen molar-refractivity contribution in [1.82, 2.24) is 25.4 Å². The Morgan fingerprint density at radius 3 is 2.45 bits per heavy atom. The van der Waals surface area contributed by atoms with E-state index >= 15 is 0 Å². The third-order valence-electron chi connectivity index (χ3n) is 4.39. The summed E-state index contributed by atoms with van der Waals surface area (Å²) in [6.07, 6.45) is -3.50. The zero-order chi connectivity index (χ0) is 22.7. The van der Waals surface area contributed by atoms with Crippen LogP contribution >= 0.6 is 0 Å². The number of methoxy groups -OCH3 is 1. The minimum Gasteiger partial charge on any atom is -0.385 e. The van der Waals surface area contributed by atoms with E-state index in [1.807, 2.05) is 30.7 Å². The third-order valence-corrected chi connectivity index (χ3v) is 4.39. The Bertz CT molecular complexity index is 821. The van der Waals surface area contributed by atoms with Crippen LogP contribution in [0.15, 0.2) is 29.3 Å². The van der Waals surface area contributed by atoms with Crippen molar-refractivity contribution in [3.63, 3.8) is 0 Å². The molecule has 1 aromatic heterocycles. The maximum absolute atomic E-state index is 12.2. The van der Waals surface area contributed by atoms with Crippen molar-refractivity contribution in [2.75, 3.05) is 26.9 Å². The van der Waals surface area contributed by atoms with Crippen LogP contribution in [0.5, 0.6) is 0 Å². The first kappa shape index (κ1) is 24.6. The van der Waals surface area contributed by atoms with Crippen LogP contribution in [0.3, 0.4) is 0 Å². The zero-order valence-corrected chi connectivity index (χ0v) is 18.0. The number of alkyl halides is 3. The van der Waals surface area contributed by atoms with Gasteiger partial charge in [-0.25, -0.2) is 4.99 Å². The van der Waals surface area contributed by atoms with E-state index in [2.05, 4.69) is 30.6 Å². The van der Waals surface area contributed by atoms with Crippen LogP contribution in [0.4, 0.5) is 13.2 Å². The highest BCUT2D eigenvalue weighted by Gasteiger charge is 2.27. The van der Waals surface area contributed by atoms with Crippen molar-refractivity contribution in [1.29, 1.82) is 0 Å². The Morgan fingerprint density at radius 1 is 1.13 bits per heavy atom. The fraction of sp³-hybridized carbons (Fsp3) is 0.550. The lowest BCUT2D eigenvalue weighted by molar-refractivity contribution is -0.176. The van der Waals surface area contributed by atoms with Gasteiger partial charge >= 0.3 is 6.18 Å². The van der Waals surface area contributed by atoms with Gasteiger partial charge in [0.05, 0.1) is 19.7 Å². The van der Waals surface area contributed by atoms with E-state index in [1.165, 1.54) is 0 Å². The average Bonchev–Trinajstić information content (AvgIpc) is 3.04. The van der Waals surface area contributed by atoms with Crippen LogP contribution < -0.4 is 10.6 Å². The van der Waals surface area contributed by atoms with E-state index in [0.717, 1.165) is 23.6 Å². The van der Waals surface area contributed by atoms with Crippen LogP contribution in [0.25, 0.3) is 0 Å². The van der Waals surface area contributed by atoms with Gasteiger partial charge in [0, 0.05) is 27.3 Å². The van der Waals surface area contributed by atoms with Crippen LogP contribution in [0, 0.1) is 6.92 Å². The molecule has 0 aliphatic carbocycles. The molecule has 0 radical (unpaired) electrons. The summed E-state index contributed by atoms with van der Waals surface area (Å²) >= 11 is 0. The Morgan fingerprint density at radius 2 is 1.84 bits per heavy atom. The van der Waals surface area contributed by atoms with E-state index < -0.39 is 12.8 Å². The number of benzene rings is 1. The number of rotatable bonds is 11. The van der Waals surface area contributed by atoms with Gasteiger partial charge < -0.3 is 24.7 Å². The molecule has 0 atom stereocenters. The van der Waals surface area contributed by atoms with E-state index in [9.17, 15) is 13.2 Å². The van der Waals surface area contributed by atoms with Crippen molar-refractivity contribution in [3.05, 3.63) is 47.0 Å². The van der Waals surface area contributed by atoms with Gasteiger partial charge in [-0.1, -0.05) is 24.3 Å². The molecule has 0 saturated carbocycles. The zero-order valence-electron chi connectivity index (χ0n) is 18.0. The molecule has 1 heterocycles. The standard InChI is InChI=1S/C20H29F3N6O2/c1-15-27-28-18(29(15)2)12-26-19(24-9-4-10-30-3)25-11-16-5-7-17(8-6-16)13-31-14-20(21,22)23/h5-8H,4,9-14H2,1-3H3,(H2,24,25,26). The molecule has 2 N–H and O–H groups in total. The van der Waals surface area contributed by atoms with E-state index in [1.54, 1.807) is 19.2 Å². The number of nitrogens with one attached hydrogen (secondary N) is 2. The highest BCUT2D eigenvalue weighted by molar-refractivity contribution is 5.79. The van der Waals surface area contributed by atoms with Crippen LogP contribution in [-0.2, 0) is 36.2 Å². The number of aromatic nitrogens is 3. The lowest BCUT2D eigenvalue weighted by atomic mass is 10.1. The summed E-state index contributed by atoms with van der Waals surface area (Å²) in [5, 5.41) is 14.7. The molecule has 0 aliphatic heterocycles. The molecule has 172 valence electrons. The Kier molecular flexibility index (Phi) is 9.73. The summed E-state index contributed by atoms with van der Waals surface area (Å²) in [7, 11) is 3.55. The summed E-state index contributed by atoms with van der Waals surface area (Å²) in [6, 6.07) is 7.13. The number of halogens is 3. The molecular weight excluding hydrogens is 413 g/mol. The van der Waals surface area contributed by atoms with Gasteiger partial charge in [0.25, 0.3) is 0 Å². The normalized spacial score (nSPS) is 12.3. The molecule has 0 saturated heterocycles. The summed E-state index contributed by atoms with van der Waals surface area (Å²) in [4.78, 5) is 4.58. The van der Waals surface area contributed by atoms with Gasteiger partial charge in [-0.15, -0.1) is 10.2 Å². The Balaban J connectivity index is 1.92. The smallest absolute Gasteiger partial charge is 0.385 e. The van der Waals surface area contributed by atoms with Gasteiger partial charge in [-0.2, -0.15) is 13.2 Å². The first-order valence-electron chi connectivity index (χ1n) is 9.87. The fourth-order valence-electron chi connectivity index (χ4n) is 2.56. The molecule has 0 unspecified atom stereocenters. The molecule has 0 fully saturated rings. The molecule has 8 nitrogen and oxygen atoms in total. The predicted octanol–water partition coefficient (Wildman–Crippen LogP) is 2.47. The second-order valence-corrected chi connectivity index (χ2v) is 6.94. The predicted molar refractivity (Wildman–Crippen MR) is 110 cm³/mol. The topological polar surface area (TPSA) is 85.6 Å². The molecule has 1 aromatic carbocycles. The summed E-state index contributed by atoms with van der Waals surface area (Å²) < 4.78 is 48.1. The van der Waals surface area contributed by atoms with Crippen LogP contribution in [0.1, 0.15) is 29.2 Å². The van der Waals surface area contributed by atoms with Crippen LogP contribution in [0.2, 0.25) is 0 Å². The minimum atomic E-state index is -4.32. The van der Waals surface area contributed by atoms with Crippen molar-refractivity contribution < 1.29 is 22.6 Å². The molecule has 0 aliphatic rings. The molecule has 0 bridgehead atoms. The van der Waals surface area contributed by atoms with Crippen molar-refractivity contribution >= 4 is 5.96 Å². The molecule has 0 amide bonds. The monoisotopic (exact) mass is 442 g/mol. The Labute approximate surface area is 179 Å². The largest absolute Gasteiger partial charge is 0.411 e. The van der Waals surface area contributed by atoms with Crippen molar-refractivity contribution in [3.8, 4) is 0 Å². The highest BCUT2D eigenvalue weighted by atomic mass is 19.4. The van der Waals surface area contributed by atoms with Crippen molar-refractivity contribution in [2.45, 2.75) is 39.2 Å². The Hall–Kier alpha value is -2.66. The van der Waals surface area contributed by atoms with Gasteiger partial charge in [-0.05, 0) is 24.5 Å². The quantitative estimate of drug-likeness (QED) is 0.316. The number of aryl methyl sites for hydroxylation is 1. The molecule has 11 heteroatoms. The highest BCUT2D eigenvalue weighted by Crippen LogP contribution is 2.16. The summed E-state index contributed by atoms with van der Waals surface area (Å²) in [5.41, 5.74) is 1.60. The number of hydrogen-bond donors (Lipinski definition) is 2. The van der Waals surface area contributed by atoms with Crippen LogP contribution in [-0.4, -0.2) is 53.8 Å². The lowest BCUT2D eigenvalue weighted by Gasteiger charge is -2.12. The second kappa shape index (κ2) is 12.3. The maximum Gasteiger partial charge on any atom is 0.411 e. The number of guanidine groups is 1. The number of aliphatic imine (C=N–C) groups is 1. The van der Waals surface area contributed by atoms with Gasteiger partial charge in [0.2, 0.25) is 0 Å². The average molecular weight is 442 g/mol. The first-order valence-corrected chi connectivity index (χ1v) is 9.87. The second-order valence-electron chi connectivity index (χ2n) is 6.94. The van der Waals surface area contributed by atoms with Gasteiger partial charge in [0.15, 0.2) is 11.8 Å². The third kappa shape index (κ3) is 9.35. The number of hydrogen-bond acceptors (Lipinski definition) is 5.